The molecule has 1 unspecified atom stereocenters. The van der Waals surface area contributed by atoms with Crippen molar-refractivity contribution in [2.24, 2.45) is 5.41 Å². The molecule has 3 heteroatoms. The lowest BCUT2D eigenvalue weighted by Gasteiger charge is -2.26. The van der Waals surface area contributed by atoms with Crippen LogP contribution in [0.2, 0.25) is 0 Å². The van der Waals surface area contributed by atoms with Gasteiger partial charge >= 0.3 is 0 Å². The zero-order valence-corrected chi connectivity index (χ0v) is 8.77. The molecule has 0 aliphatic carbocycles. The first kappa shape index (κ1) is 11.0. The van der Waals surface area contributed by atoms with Crippen molar-refractivity contribution in [1.82, 2.24) is 10.6 Å². The molecule has 3 N–H and O–H groups in total. The molecule has 0 bridgehead atoms. The molecule has 78 valence electrons. The lowest BCUT2D eigenvalue weighted by molar-refractivity contribution is 0.203. The maximum absolute atomic E-state index is 8.85. The van der Waals surface area contributed by atoms with Crippen molar-refractivity contribution in [1.29, 1.82) is 0 Å². The molecule has 0 radical (unpaired) electrons. The highest BCUT2D eigenvalue weighted by atomic mass is 16.3. The molecular weight excluding hydrogens is 164 g/mol. The highest BCUT2D eigenvalue weighted by Crippen LogP contribution is 2.18. The zero-order valence-electron chi connectivity index (χ0n) is 8.77. The van der Waals surface area contributed by atoms with E-state index in [-0.39, 0.29) is 12.0 Å². The summed E-state index contributed by atoms with van der Waals surface area (Å²) in [7, 11) is 0. The van der Waals surface area contributed by atoms with Crippen LogP contribution in [0.4, 0.5) is 0 Å². The predicted molar refractivity (Wildman–Crippen MR) is 54.8 cm³/mol. The van der Waals surface area contributed by atoms with Gasteiger partial charge in [0.1, 0.15) is 0 Å². The van der Waals surface area contributed by atoms with E-state index in [9.17, 15) is 0 Å². The molecule has 0 aromatic heterocycles. The lowest BCUT2D eigenvalue weighted by Crippen LogP contribution is -2.38. The molecule has 1 fully saturated rings. The molecule has 1 rings (SSSR count). The van der Waals surface area contributed by atoms with Crippen molar-refractivity contribution in [3.8, 4) is 0 Å². The summed E-state index contributed by atoms with van der Waals surface area (Å²) in [4.78, 5) is 0. The van der Waals surface area contributed by atoms with Crippen LogP contribution >= 0.6 is 0 Å². The average molecular weight is 186 g/mol. The van der Waals surface area contributed by atoms with Gasteiger partial charge in [-0.25, -0.2) is 0 Å². The number of rotatable bonds is 5. The van der Waals surface area contributed by atoms with Crippen LogP contribution in [0, 0.1) is 5.41 Å². The van der Waals surface area contributed by atoms with Crippen LogP contribution in [-0.2, 0) is 0 Å². The Bertz CT molecular complexity index is 142. The van der Waals surface area contributed by atoms with Crippen LogP contribution in [0.15, 0.2) is 0 Å². The summed E-state index contributed by atoms with van der Waals surface area (Å²) in [5.41, 5.74) is 0.220. The van der Waals surface area contributed by atoms with Gasteiger partial charge in [-0.3, -0.25) is 0 Å². The summed E-state index contributed by atoms with van der Waals surface area (Å²) >= 11 is 0. The van der Waals surface area contributed by atoms with Crippen molar-refractivity contribution in [2.75, 3.05) is 26.2 Å². The Hall–Kier alpha value is -0.120. The van der Waals surface area contributed by atoms with Gasteiger partial charge in [0.05, 0.1) is 0 Å². The molecule has 3 nitrogen and oxygen atoms in total. The summed E-state index contributed by atoms with van der Waals surface area (Å²) < 4.78 is 0. The van der Waals surface area contributed by atoms with Crippen LogP contribution in [0.3, 0.4) is 0 Å². The van der Waals surface area contributed by atoms with Gasteiger partial charge in [-0.1, -0.05) is 13.8 Å². The van der Waals surface area contributed by atoms with E-state index in [1.165, 1.54) is 6.42 Å². The fourth-order valence-electron chi connectivity index (χ4n) is 1.64. The van der Waals surface area contributed by atoms with E-state index in [0.717, 1.165) is 26.1 Å². The van der Waals surface area contributed by atoms with Crippen LogP contribution in [-0.4, -0.2) is 37.4 Å². The Morgan fingerprint density at radius 1 is 1.54 bits per heavy atom. The topological polar surface area (TPSA) is 44.3 Å². The third kappa shape index (κ3) is 4.07. The Kier molecular flexibility index (Phi) is 4.16. The summed E-state index contributed by atoms with van der Waals surface area (Å²) in [6, 6.07) is 0.637. The van der Waals surface area contributed by atoms with Gasteiger partial charge in [-0.15, -0.1) is 0 Å². The van der Waals surface area contributed by atoms with Crippen LogP contribution in [0.1, 0.15) is 26.7 Å². The molecule has 0 aromatic carbocycles. The second-order valence-electron chi connectivity index (χ2n) is 4.71. The second-order valence-corrected chi connectivity index (χ2v) is 4.71. The summed E-state index contributed by atoms with van der Waals surface area (Å²) in [6.07, 6.45) is 2.11. The number of hydrogen-bond acceptors (Lipinski definition) is 3. The lowest BCUT2D eigenvalue weighted by atomic mass is 9.89. The Morgan fingerprint density at radius 2 is 2.31 bits per heavy atom. The quantitative estimate of drug-likeness (QED) is 0.580. The van der Waals surface area contributed by atoms with Gasteiger partial charge in [-0.05, 0) is 24.8 Å². The van der Waals surface area contributed by atoms with Crippen molar-refractivity contribution >= 4 is 0 Å². The fourth-order valence-corrected chi connectivity index (χ4v) is 1.64. The third-order valence-corrected chi connectivity index (χ3v) is 2.72. The largest absolute Gasteiger partial charge is 0.396 e. The molecule has 1 aliphatic rings. The highest BCUT2D eigenvalue weighted by molar-refractivity contribution is 4.80. The highest BCUT2D eigenvalue weighted by Gasteiger charge is 2.20. The summed E-state index contributed by atoms with van der Waals surface area (Å²) in [5.74, 6) is 0. The smallest absolute Gasteiger partial charge is 0.0436 e. The molecule has 0 aromatic rings. The first-order valence-corrected chi connectivity index (χ1v) is 5.19. The van der Waals surface area contributed by atoms with E-state index in [4.69, 9.17) is 5.11 Å². The maximum Gasteiger partial charge on any atom is 0.0436 e. The summed E-state index contributed by atoms with van der Waals surface area (Å²) in [5, 5.41) is 15.7. The van der Waals surface area contributed by atoms with E-state index in [1.807, 2.05) is 0 Å². The van der Waals surface area contributed by atoms with Gasteiger partial charge in [0.2, 0.25) is 0 Å². The molecule has 1 atom stereocenters. The minimum atomic E-state index is 0.220. The molecule has 0 spiro atoms. The molecular formula is C10H22N2O. The zero-order chi connectivity index (χ0) is 9.73. The molecule has 1 aliphatic heterocycles. The van der Waals surface area contributed by atoms with Crippen LogP contribution in [0.5, 0.6) is 0 Å². The monoisotopic (exact) mass is 186 g/mol. The van der Waals surface area contributed by atoms with Gasteiger partial charge in [-0.2, -0.15) is 0 Å². The van der Waals surface area contributed by atoms with E-state index >= 15 is 0 Å². The SMILES string of the molecule is CC(C)(CCO)CNC1CCNC1. The van der Waals surface area contributed by atoms with Crippen molar-refractivity contribution in [3.63, 3.8) is 0 Å². The Morgan fingerprint density at radius 3 is 2.85 bits per heavy atom. The number of nitrogens with one attached hydrogen (secondary N) is 2. The molecule has 1 heterocycles. The molecule has 0 saturated carbocycles. The predicted octanol–water partition coefficient (Wildman–Crippen LogP) is 0.346. The first-order chi connectivity index (χ1) is 6.14. The standard InChI is InChI=1S/C10H22N2O/c1-10(2,4-6-13)8-12-9-3-5-11-7-9/h9,11-13H,3-8H2,1-2H3. The number of aliphatic hydroxyl groups is 1. The van der Waals surface area contributed by atoms with Crippen molar-refractivity contribution in [2.45, 2.75) is 32.7 Å². The van der Waals surface area contributed by atoms with Gasteiger partial charge in [0.15, 0.2) is 0 Å². The average Bonchev–Trinajstić information content (AvgIpc) is 2.52. The van der Waals surface area contributed by atoms with Gasteiger partial charge in [0.25, 0.3) is 0 Å². The maximum atomic E-state index is 8.85. The number of hydrogen-bond donors (Lipinski definition) is 3. The Labute approximate surface area is 80.9 Å². The van der Waals surface area contributed by atoms with Crippen molar-refractivity contribution in [3.05, 3.63) is 0 Å². The third-order valence-electron chi connectivity index (χ3n) is 2.72. The minimum Gasteiger partial charge on any atom is -0.396 e. The fraction of sp³-hybridized carbons (Fsp3) is 1.00. The first-order valence-electron chi connectivity index (χ1n) is 5.19. The van der Waals surface area contributed by atoms with Crippen molar-refractivity contribution < 1.29 is 5.11 Å². The van der Waals surface area contributed by atoms with Crippen LogP contribution < -0.4 is 10.6 Å². The van der Waals surface area contributed by atoms with Gasteiger partial charge < -0.3 is 15.7 Å². The van der Waals surface area contributed by atoms with Crippen LogP contribution in [0.25, 0.3) is 0 Å². The minimum absolute atomic E-state index is 0.220. The number of aliphatic hydroxyl groups excluding tert-OH is 1. The van der Waals surface area contributed by atoms with E-state index in [2.05, 4.69) is 24.5 Å². The van der Waals surface area contributed by atoms with E-state index in [0.29, 0.717) is 6.04 Å². The normalized spacial score (nSPS) is 23.8. The molecule has 1 saturated heterocycles. The van der Waals surface area contributed by atoms with Gasteiger partial charge in [0, 0.05) is 25.7 Å². The Balaban J connectivity index is 2.15. The molecule has 13 heavy (non-hydrogen) atoms. The van der Waals surface area contributed by atoms with E-state index in [1.54, 1.807) is 0 Å². The van der Waals surface area contributed by atoms with E-state index < -0.39 is 0 Å². The summed E-state index contributed by atoms with van der Waals surface area (Å²) in [6.45, 7) is 7.90. The molecule has 0 amide bonds. The second kappa shape index (κ2) is 4.94.